The van der Waals surface area contributed by atoms with Gasteiger partial charge in [-0.15, -0.1) is 0 Å². The number of hydrogen-bond acceptors (Lipinski definition) is 3. The van der Waals surface area contributed by atoms with E-state index in [4.69, 9.17) is 4.74 Å². The highest BCUT2D eigenvalue weighted by Gasteiger charge is 2.11. The molecule has 0 aromatic heterocycles. The largest absolute Gasteiger partial charge is 0.497 e. The molecule has 0 aliphatic heterocycles. The summed E-state index contributed by atoms with van der Waals surface area (Å²) in [5.41, 5.74) is 0.346. The number of benzene rings is 1. The van der Waals surface area contributed by atoms with Crippen LogP contribution in [0.25, 0.3) is 0 Å². The Labute approximate surface area is 105 Å². The van der Waals surface area contributed by atoms with E-state index in [2.05, 4.69) is 21.2 Å². The van der Waals surface area contributed by atoms with Crippen molar-refractivity contribution in [3.63, 3.8) is 0 Å². The van der Waals surface area contributed by atoms with E-state index in [0.29, 0.717) is 6.42 Å². The van der Waals surface area contributed by atoms with Gasteiger partial charge in [-0.2, -0.15) is 0 Å². The second-order valence-electron chi connectivity index (χ2n) is 4.37. The summed E-state index contributed by atoms with van der Waals surface area (Å²) in [6.45, 7) is 4.33. The molecule has 0 atom stereocenters. The second kappa shape index (κ2) is 5.55. The molecule has 0 fully saturated rings. The molecule has 90 valence electrons. The zero-order valence-electron chi connectivity index (χ0n) is 9.88. The zero-order valence-corrected chi connectivity index (χ0v) is 11.5. The Morgan fingerprint density at radius 2 is 2.06 bits per heavy atom. The van der Waals surface area contributed by atoms with Gasteiger partial charge in [-0.05, 0) is 32.4 Å². The fourth-order valence-electron chi connectivity index (χ4n) is 1.30. The first-order chi connectivity index (χ1) is 7.40. The first-order valence-corrected chi connectivity index (χ1v) is 6.01. The summed E-state index contributed by atoms with van der Waals surface area (Å²) >= 11 is 3.42. The highest BCUT2D eigenvalue weighted by molar-refractivity contribution is 9.10. The van der Waals surface area contributed by atoms with Crippen molar-refractivity contribution in [2.24, 2.45) is 0 Å². The Kier molecular flexibility index (Phi) is 4.62. The lowest BCUT2D eigenvalue weighted by Gasteiger charge is -2.17. The lowest BCUT2D eigenvalue weighted by molar-refractivity contribution is 0.0749. The number of rotatable bonds is 5. The number of hydrogen-bond donors (Lipinski definition) is 2. The van der Waals surface area contributed by atoms with Crippen LogP contribution in [-0.2, 0) is 0 Å². The minimum Gasteiger partial charge on any atom is -0.497 e. The number of nitrogens with one attached hydrogen (secondary N) is 1. The molecule has 1 rings (SSSR count). The molecule has 0 radical (unpaired) electrons. The number of halogens is 1. The van der Waals surface area contributed by atoms with Crippen LogP contribution < -0.4 is 10.1 Å². The maximum absolute atomic E-state index is 9.58. The van der Waals surface area contributed by atoms with Gasteiger partial charge in [-0.1, -0.05) is 15.9 Å². The summed E-state index contributed by atoms with van der Waals surface area (Å²) in [7, 11) is 1.64. The van der Waals surface area contributed by atoms with Gasteiger partial charge in [-0.3, -0.25) is 0 Å². The fourth-order valence-corrected chi connectivity index (χ4v) is 1.77. The van der Waals surface area contributed by atoms with Crippen molar-refractivity contribution < 1.29 is 9.84 Å². The molecule has 2 N–H and O–H groups in total. The predicted octanol–water partition coefficient (Wildman–Crippen LogP) is 3.03. The van der Waals surface area contributed by atoms with Crippen LogP contribution >= 0.6 is 15.9 Å². The van der Waals surface area contributed by atoms with Crippen LogP contribution in [-0.4, -0.2) is 24.4 Å². The average molecular weight is 288 g/mol. The molecule has 0 amide bonds. The second-order valence-corrected chi connectivity index (χ2v) is 5.28. The molecule has 0 bridgehead atoms. The molecule has 0 heterocycles. The Morgan fingerprint density at radius 3 is 2.62 bits per heavy atom. The van der Waals surface area contributed by atoms with E-state index in [0.717, 1.165) is 22.5 Å². The summed E-state index contributed by atoms with van der Waals surface area (Å²) < 4.78 is 6.13. The van der Waals surface area contributed by atoms with Crippen LogP contribution in [0.2, 0.25) is 0 Å². The topological polar surface area (TPSA) is 41.5 Å². The molecule has 0 aliphatic carbocycles. The third kappa shape index (κ3) is 4.86. The minimum atomic E-state index is -0.636. The Bertz CT molecular complexity index is 347. The van der Waals surface area contributed by atoms with E-state index in [1.165, 1.54) is 0 Å². The van der Waals surface area contributed by atoms with Gasteiger partial charge in [0.25, 0.3) is 0 Å². The van der Waals surface area contributed by atoms with Gasteiger partial charge in [0.2, 0.25) is 0 Å². The van der Waals surface area contributed by atoms with E-state index in [9.17, 15) is 5.11 Å². The smallest absolute Gasteiger partial charge is 0.122 e. The van der Waals surface area contributed by atoms with Crippen molar-refractivity contribution in [3.05, 3.63) is 22.7 Å². The third-order valence-electron chi connectivity index (χ3n) is 2.17. The fraction of sp³-hybridized carbons (Fsp3) is 0.500. The minimum absolute atomic E-state index is 0.636. The molecule has 0 saturated carbocycles. The average Bonchev–Trinajstić information content (AvgIpc) is 2.14. The molecule has 0 aliphatic rings. The van der Waals surface area contributed by atoms with Crippen molar-refractivity contribution in [1.29, 1.82) is 0 Å². The number of anilines is 1. The van der Waals surface area contributed by atoms with E-state index in [1.54, 1.807) is 21.0 Å². The number of methoxy groups -OCH3 is 1. The molecule has 3 nitrogen and oxygen atoms in total. The van der Waals surface area contributed by atoms with Crippen molar-refractivity contribution in [1.82, 2.24) is 0 Å². The summed E-state index contributed by atoms with van der Waals surface area (Å²) in [4.78, 5) is 0. The first-order valence-electron chi connectivity index (χ1n) is 5.21. The highest BCUT2D eigenvalue weighted by atomic mass is 79.9. The molecule has 16 heavy (non-hydrogen) atoms. The van der Waals surface area contributed by atoms with E-state index >= 15 is 0 Å². The SMILES string of the molecule is COc1cc(Br)cc(NCCC(C)(C)O)c1. The summed E-state index contributed by atoms with van der Waals surface area (Å²) in [5, 5.41) is 12.8. The van der Waals surface area contributed by atoms with Crippen molar-refractivity contribution >= 4 is 21.6 Å². The molecule has 1 aromatic rings. The molecule has 4 heteroatoms. The van der Waals surface area contributed by atoms with Gasteiger partial charge in [0.1, 0.15) is 5.75 Å². The van der Waals surface area contributed by atoms with Crippen LogP contribution in [0.3, 0.4) is 0 Å². The van der Waals surface area contributed by atoms with Crippen LogP contribution in [0.4, 0.5) is 5.69 Å². The highest BCUT2D eigenvalue weighted by Crippen LogP contribution is 2.24. The van der Waals surface area contributed by atoms with Crippen molar-refractivity contribution in [2.45, 2.75) is 25.9 Å². The predicted molar refractivity (Wildman–Crippen MR) is 70.1 cm³/mol. The molecule has 0 spiro atoms. The van der Waals surface area contributed by atoms with E-state index in [-0.39, 0.29) is 0 Å². The molecule has 0 unspecified atom stereocenters. The van der Waals surface area contributed by atoms with Crippen molar-refractivity contribution in [3.8, 4) is 5.75 Å². The normalized spacial score (nSPS) is 11.3. The first kappa shape index (κ1) is 13.3. The lowest BCUT2D eigenvalue weighted by Crippen LogP contribution is -2.22. The van der Waals surface area contributed by atoms with Gasteiger partial charge in [0.15, 0.2) is 0 Å². The Balaban J connectivity index is 2.57. The third-order valence-corrected chi connectivity index (χ3v) is 2.63. The lowest BCUT2D eigenvalue weighted by atomic mass is 10.1. The quantitative estimate of drug-likeness (QED) is 0.875. The Hall–Kier alpha value is -0.740. The van der Waals surface area contributed by atoms with Crippen LogP contribution in [0.1, 0.15) is 20.3 Å². The maximum atomic E-state index is 9.58. The van der Waals surface area contributed by atoms with Crippen LogP contribution in [0.15, 0.2) is 22.7 Å². The summed E-state index contributed by atoms with van der Waals surface area (Å²) in [6.07, 6.45) is 0.696. The molecular weight excluding hydrogens is 270 g/mol. The molecule has 1 aromatic carbocycles. The number of ether oxygens (including phenoxy) is 1. The van der Waals surface area contributed by atoms with Crippen molar-refractivity contribution in [2.75, 3.05) is 19.0 Å². The zero-order chi connectivity index (χ0) is 12.2. The Morgan fingerprint density at radius 1 is 1.38 bits per heavy atom. The summed E-state index contributed by atoms with van der Waals surface area (Å²) in [6, 6.07) is 5.81. The monoisotopic (exact) mass is 287 g/mol. The van der Waals surface area contributed by atoms with Gasteiger partial charge in [0, 0.05) is 22.8 Å². The van der Waals surface area contributed by atoms with Gasteiger partial charge < -0.3 is 15.2 Å². The van der Waals surface area contributed by atoms with Crippen LogP contribution in [0.5, 0.6) is 5.75 Å². The molecular formula is C12H18BrNO2. The number of aliphatic hydroxyl groups is 1. The van der Waals surface area contributed by atoms with E-state index < -0.39 is 5.60 Å². The van der Waals surface area contributed by atoms with Gasteiger partial charge in [-0.25, -0.2) is 0 Å². The van der Waals surface area contributed by atoms with Crippen LogP contribution in [0, 0.1) is 0 Å². The van der Waals surface area contributed by atoms with Gasteiger partial charge in [0.05, 0.1) is 12.7 Å². The summed E-state index contributed by atoms with van der Waals surface area (Å²) in [5.74, 6) is 0.806. The van der Waals surface area contributed by atoms with E-state index in [1.807, 2.05) is 18.2 Å². The maximum Gasteiger partial charge on any atom is 0.122 e. The molecule has 0 saturated heterocycles. The standard InChI is InChI=1S/C12H18BrNO2/c1-12(2,15)4-5-14-10-6-9(13)7-11(8-10)16-3/h6-8,14-15H,4-5H2,1-3H3. The van der Waals surface area contributed by atoms with Gasteiger partial charge >= 0.3 is 0 Å².